The number of aliphatic hydroxyl groups is 1. The minimum atomic E-state index is -0.607. The Balaban J connectivity index is 2.48. The highest BCUT2D eigenvalue weighted by molar-refractivity contribution is 5.93. The van der Waals surface area contributed by atoms with Crippen molar-refractivity contribution in [1.29, 1.82) is 0 Å². The van der Waals surface area contributed by atoms with Crippen LogP contribution in [0.1, 0.15) is 30.1 Å². The van der Waals surface area contributed by atoms with Crippen LogP contribution < -0.4 is 5.32 Å². The van der Waals surface area contributed by atoms with Crippen molar-refractivity contribution in [3.05, 3.63) is 29.8 Å². The van der Waals surface area contributed by atoms with Crippen molar-refractivity contribution in [2.45, 2.75) is 25.8 Å². The Morgan fingerprint density at radius 2 is 2.38 bits per heavy atom. The van der Waals surface area contributed by atoms with E-state index in [4.69, 9.17) is 5.11 Å². The molecule has 0 aliphatic heterocycles. The van der Waals surface area contributed by atoms with Crippen LogP contribution in [0.25, 0.3) is 0 Å². The van der Waals surface area contributed by atoms with Crippen molar-refractivity contribution in [3.8, 4) is 0 Å². The maximum Gasteiger partial charge on any atom is 0.253 e. The van der Waals surface area contributed by atoms with Gasteiger partial charge in [-0.15, -0.1) is 0 Å². The molecule has 16 heavy (non-hydrogen) atoms. The van der Waals surface area contributed by atoms with Gasteiger partial charge in [0.2, 0.25) is 5.95 Å². The number of carbonyl (C=O) groups excluding carboxylic acids is 1. The lowest BCUT2D eigenvalue weighted by Crippen LogP contribution is -2.32. The van der Waals surface area contributed by atoms with Crippen LogP contribution in [0.15, 0.2) is 18.3 Å². The molecule has 1 atom stereocenters. The summed E-state index contributed by atoms with van der Waals surface area (Å²) in [4.78, 5) is 15.0. The molecule has 1 rings (SSSR count). The van der Waals surface area contributed by atoms with E-state index in [0.717, 1.165) is 6.07 Å². The van der Waals surface area contributed by atoms with E-state index >= 15 is 0 Å². The van der Waals surface area contributed by atoms with Gasteiger partial charge >= 0.3 is 0 Å². The van der Waals surface area contributed by atoms with Crippen molar-refractivity contribution < 1.29 is 14.3 Å². The standard InChI is InChI=1S/C11H15FN2O2/c1-8(3-2-6-15)14-11(16)9-4-5-10(12)13-7-9/h4-5,7-8,15H,2-3,6H2,1H3,(H,14,16). The molecule has 4 nitrogen and oxygen atoms in total. The average Bonchev–Trinajstić information content (AvgIpc) is 2.27. The third-order valence-electron chi connectivity index (χ3n) is 2.16. The van der Waals surface area contributed by atoms with Crippen molar-refractivity contribution in [2.75, 3.05) is 6.61 Å². The maximum absolute atomic E-state index is 12.5. The summed E-state index contributed by atoms with van der Waals surface area (Å²) in [5.41, 5.74) is 0.331. The Morgan fingerprint density at radius 3 is 2.94 bits per heavy atom. The molecule has 0 aliphatic rings. The molecule has 0 aromatic carbocycles. The van der Waals surface area contributed by atoms with Crippen molar-refractivity contribution in [1.82, 2.24) is 10.3 Å². The maximum atomic E-state index is 12.5. The molecule has 0 radical (unpaired) electrons. The second-order valence-corrected chi connectivity index (χ2v) is 3.61. The zero-order valence-electron chi connectivity index (χ0n) is 9.11. The molecule has 2 N–H and O–H groups in total. The average molecular weight is 226 g/mol. The molecule has 0 aliphatic carbocycles. The number of carbonyl (C=O) groups is 1. The number of amides is 1. The van der Waals surface area contributed by atoms with E-state index in [1.165, 1.54) is 12.3 Å². The molecule has 0 spiro atoms. The number of aromatic nitrogens is 1. The van der Waals surface area contributed by atoms with Gasteiger partial charge in [0.15, 0.2) is 0 Å². The Labute approximate surface area is 93.5 Å². The van der Waals surface area contributed by atoms with Gasteiger partial charge in [0.25, 0.3) is 5.91 Å². The lowest BCUT2D eigenvalue weighted by Gasteiger charge is -2.12. The summed E-state index contributed by atoms with van der Waals surface area (Å²) in [6, 6.07) is 2.51. The van der Waals surface area contributed by atoms with Crippen LogP contribution in [0.2, 0.25) is 0 Å². The smallest absolute Gasteiger partial charge is 0.253 e. The van der Waals surface area contributed by atoms with Gasteiger partial charge in [-0.1, -0.05) is 0 Å². The molecule has 0 bridgehead atoms. The van der Waals surface area contributed by atoms with E-state index in [2.05, 4.69) is 10.3 Å². The predicted octanol–water partition coefficient (Wildman–Crippen LogP) is 1.11. The van der Waals surface area contributed by atoms with Crippen LogP contribution in [-0.4, -0.2) is 28.6 Å². The highest BCUT2D eigenvalue weighted by Gasteiger charge is 2.09. The number of rotatable bonds is 5. The molecule has 5 heteroatoms. The van der Waals surface area contributed by atoms with E-state index in [9.17, 15) is 9.18 Å². The van der Waals surface area contributed by atoms with Crippen LogP contribution in [0.4, 0.5) is 4.39 Å². The van der Waals surface area contributed by atoms with Gasteiger partial charge in [-0.05, 0) is 31.9 Å². The molecule has 1 aromatic rings. The third kappa shape index (κ3) is 3.94. The SMILES string of the molecule is CC(CCCO)NC(=O)c1ccc(F)nc1. The van der Waals surface area contributed by atoms with Crippen LogP contribution >= 0.6 is 0 Å². The van der Waals surface area contributed by atoms with E-state index in [0.29, 0.717) is 18.4 Å². The third-order valence-corrected chi connectivity index (χ3v) is 2.16. The van der Waals surface area contributed by atoms with Crippen LogP contribution in [0.5, 0.6) is 0 Å². The summed E-state index contributed by atoms with van der Waals surface area (Å²) >= 11 is 0. The first kappa shape index (κ1) is 12.6. The fourth-order valence-corrected chi connectivity index (χ4v) is 1.29. The molecular weight excluding hydrogens is 211 g/mol. The second kappa shape index (κ2) is 6.17. The topological polar surface area (TPSA) is 62.2 Å². The lowest BCUT2D eigenvalue weighted by atomic mass is 10.1. The minimum absolute atomic E-state index is 0.0234. The molecular formula is C11H15FN2O2. The van der Waals surface area contributed by atoms with Crippen molar-refractivity contribution in [3.63, 3.8) is 0 Å². The van der Waals surface area contributed by atoms with E-state index in [1.54, 1.807) is 0 Å². The molecule has 0 fully saturated rings. The predicted molar refractivity (Wildman–Crippen MR) is 57.4 cm³/mol. The number of pyridine rings is 1. The first-order valence-corrected chi connectivity index (χ1v) is 5.16. The molecule has 1 unspecified atom stereocenters. The van der Waals surface area contributed by atoms with Crippen molar-refractivity contribution in [2.24, 2.45) is 0 Å². The fraction of sp³-hybridized carbons (Fsp3) is 0.455. The Bertz CT molecular complexity index is 340. The molecule has 1 amide bonds. The van der Waals surface area contributed by atoms with Crippen LogP contribution in [0.3, 0.4) is 0 Å². The van der Waals surface area contributed by atoms with Gasteiger partial charge < -0.3 is 10.4 Å². The van der Waals surface area contributed by atoms with E-state index in [-0.39, 0.29) is 18.6 Å². The highest BCUT2D eigenvalue weighted by atomic mass is 19.1. The van der Waals surface area contributed by atoms with Gasteiger partial charge in [-0.2, -0.15) is 4.39 Å². The largest absolute Gasteiger partial charge is 0.396 e. The minimum Gasteiger partial charge on any atom is -0.396 e. The zero-order valence-corrected chi connectivity index (χ0v) is 9.11. The lowest BCUT2D eigenvalue weighted by molar-refractivity contribution is 0.0936. The molecule has 0 saturated heterocycles. The highest BCUT2D eigenvalue weighted by Crippen LogP contribution is 2.01. The molecule has 88 valence electrons. The molecule has 1 heterocycles. The summed E-state index contributed by atoms with van der Waals surface area (Å²) in [5.74, 6) is -0.886. The van der Waals surface area contributed by atoms with Crippen LogP contribution in [-0.2, 0) is 0 Å². The van der Waals surface area contributed by atoms with Gasteiger partial charge in [0.05, 0.1) is 5.56 Å². The van der Waals surface area contributed by atoms with E-state index in [1.807, 2.05) is 6.92 Å². The van der Waals surface area contributed by atoms with Gasteiger partial charge in [0, 0.05) is 18.8 Å². The quantitative estimate of drug-likeness (QED) is 0.739. The summed E-state index contributed by atoms with van der Waals surface area (Å²) < 4.78 is 12.5. The first-order chi connectivity index (χ1) is 7.63. The monoisotopic (exact) mass is 226 g/mol. The second-order valence-electron chi connectivity index (χ2n) is 3.61. The number of nitrogens with one attached hydrogen (secondary N) is 1. The summed E-state index contributed by atoms with van der Waals surface area (Å²) in [7, 11) is 0. The zero-order chi connectivity index (χ0) is 12.0. The Morgan fingerprint density at radius 1 is 1.62 bits per heavy atom. The van der Waals surface area contributed by atoms with Crippen molar-refractivity contribution >= 4 is 5.91 Å². The van der Waals surface area contributed by atoms with Crippen LogP contribution in [0, 0.1) is 5.95 Å². The Hall–Kier alpha value is -1.49. The summed E-state index contributed by atoms with van der Waals surface area (Å²) in [6.07, 6.45) is 2.55. The van der Waals surface area contributed by atoms with Gasteiger partial charge in [-0.3, -0.25) is 4.79 Å². The molecule has 0 saturated carbocycles. The number of hydrogen-bond donors (Lipinski definition) is 2. The number of aliphatic hydroxyl groups excluding tert-OH is 1. The van der Waals surface area contributed by atoms with Gasteiger partial charge in [0.1, 0.15) is 0 Å². The fourth-order valence-electron chi connectivity index (χ4n) is 1.29. The number of hydrogen-bond acceptors (Lipinski definition) is 3. The number of nitrogens with zero attached hydrogens (tertiary/aromatic N) is 1. The normalized spacial score (nSPS) is 12.2. The number of halogens is 1. The van der Waals surface area contributed by atoms with Gasteiger partial charge in [-0.25, -0.2) is 4.98 Å². The summed E-state index contributed by atoms with van der Waals surface area (Å²) in [5, 5.41) is 11.4. The van der Waals surface area contributed by atoms with E-state index < -0.39 is 5.95 Å². The first-order valence-electron chi connectivity index (χ1n) is 5.16. The molecule has 1 aromatic heterocycles. The Kier molecular flexibility index (Phi) is 4.85. The summed E-state index contributed by atoms with van der Waals surface area (Å²) in [6.45, 7) is 1.96.